The first kappa shape index (κ1) is 15.3. The van der Waals surface area contributed by atoms with Crippen molar-refractivity contribution < 1.29 is 19.4 Å². The Morgan fingerprint density at radius 1 is 1.37 bits per heavy atom. The molecule has 0 aliphatic carbocycles. The monoisotopic (exact) mass is 267 g/mol. The van der Waals surface area contributed by atoms with Crippen LogP contribution in [-0.2, 0) is 4.74 Å². The van der Waals surface area contributed by atoms with Crippen molar-refractivity contribution in [3.8, 4) is 5.75 Å². The van der Waals surface area contributed by atoms with Crippen molar-refractivity contribution in [3.63, 3.8) is 0 Å². The number of benzene rings is 1. The van der Waals surface area contributed by atoms with Gasteiger partial charge in [-0.15, -0.1) is 0 Å². The molecule has 19 heavy (non-hydrogen) atoms. The van der Waals surface area contributed by atoms with Gasteiger partial charge in [0, 0.05) is 0 Å². The topological polar surface area (TPSA) is 67.8 Å². The fourth-order valence-corrected chi connectivity index (χ4v) is 1.48. The molecule has 0 spiro atoms. The second kappa shape index (κ2) is 5.93. The summed E-state index contributed by atoms with van der Waals surface area (Å²) in [4.78, 5) is 11.7. The number of anilines is 1. The highest BCUT2D eigenvalue weighted by molar-refractivity contribution is 5.87. The lowest BCUT2D eigenvalue weighted by Crippen LogP contribution is -2.27. The van der Waals surface area contributed by atoms with E-state index in [-0.39, 0.29) is 0 Å². The lowest BCUT2D eigenvalue weighted by molar-refractivity contribution is 0.0635. The van der Waals surface area contributed by atoms with E-state index >= 15 is 0 Å². The molecule has 0 saturated heterocycles. The van der Waals surface area contributed by atoms with Crippen molar-refractivity contribution in [1.82, 2.24) is 0 Å². The van der Waals surface area contributed by atoms with Crippen LogP contribution in [0, 0.1) is 0 Å². The normalized spacial score (nSPS) is 12.7. The fourth-order valence-electron chi connectivity index (χ4n) is 1.48. The van der Waals surface area contributed by atoms with Gasteiger partial charge in [-0.05, 0) is 45.4 Å². The highest BCUT2D eigenvalue weighted by Gasteiger charge is 2.17. The van der Waals surface area contributed by atoms with E-state index < -0.39 is 17.8 Å². The Balaban J connectivity index is 2.86. The van der Waals surface area contributed by atoms with E-state index in [0.717, 1.165) is 0 Å². The third kappa shape index (κ3) is 4.79. The van der Waals surface area contributed by atoms with E-state index in [0.29, 0.717) is 17.0 Å². The quantitative estimate of drug-likeness (QED) is 0.883. The first-order valence-electron chi connectivity index (χ1n) is 6.09. The maximum Gasteiger partial charge on any atom is 0.412 e. The molecule has 0 bridgehead atoms. The van der Waals surface area contributed by atoms with Gasteiger partial charge in [0.15, 0.2) is 0 Å². The minimum absolute atomic E-state index is 0.476. The Bertz CT molecular complexity index is 449. The third-order valence-corrected chi connectivity index (χ3v) is 2.34. The van der Waals surface area contributed by atoms with Gasteiger partial charge in [-0.25, -0.2) is 4.79 Å². The molecule has 0 aromatic heterocycles. The molecule has 5 heteroatoms. The molecule has 1 aromatic carbocycles. The molecule has 0 heterocycles. The maximum atomic E-state index is 11.7. The summed E-state index contributed by atoms with van der Waals surface area (Å²) in [6, 6.07) is 5.07. The summed E-state index contributed by atoms with van der Waals surface area (Å²) in [6.07, 6.45) is -1.14. The number of ether oxygens (including phenoxy) is 2. The molecule has 0 aliphatic heterocycles. The molecule has 0 saturated carbocycles. The number of methoxy groups -OCH3 is 1. The van der Waals surface area contributed by atoms with E-state index in [2.05, 4.69) is 5.32 Å². The maximum absolute atomic E-state index is 11.7. The Labute approximate surface area is 113 Å². The van der Waals surface area contributed by atoms with Crippen LogP contribution in [-0.4, -0.2) is 23.9 Å². The smallest absolute Gasteiger partial charge is 0.412 e. The van der Waals surface area contributed by atoms with E-state index in [4.69, 9.17) is 9.47 Å². The molecule has 0 fully saturated rings. The van der Waals surface area contributed by atoms with Crippen molar-refractivity contribution >= 4 is 11.8 Å². The SMILES string of the molecule is COc1cc([C@@H](C)O)ccc1NC(=O)OC(C)(C)C. The Hall–Kier alpha value is -1.75. The average Bonchev–Trinajstić information content (AvgIpc) is 2.26. The number of amides is 1. The number of hydrogen-bond donors (Lipinski definition) is 2. The van der Waals surface area contributed by atoms with Crippen LogP contribution in [0.2, 0.25) is 0 Å². The van der Waals surface area contributed by atoms with Crippen LogP contribution < -0.4 is 10.1 Å². The van der Waals surface area contributed by atoms with Crippen LogP contribution in [0.15, 0.2) is 18.2 Å². The van der Waals surface area contributed by atoms with Crippen molar-refractivity contribution in [2.24, 2.45) is 0 Å². The summed E-state index contributed by atoms with van der Waals surface area (Å²) >= 11 is 0. The van der Waals surface area contributed by atoms with Gasteiger partial charge < -0.3 is 14.6 Å². The third-order valence-electron chi connectivity index (χ3n) is 2.34. The summed E-state index contributed by atoms with van der Waals surface area (Å²) in [5, 5.41) is 12.1. The molecular weight excluding hydrogens is 246 g/mol. The zero-order valence-electron chi connectivity index (χ0n) is 12.0. The zero-order valence-corrected chi connectivity index (χ0v) is 12.0. The van der Waals surface area contributed by atoms with Crippen molar-refractivity contribution in [3.05, 3.63) is 23.8 Å². The number of hydrogen-bond acceptors (Lipinski definition) is 4. The molecule has 0 unspecified atom stereocenters. The summed E-state index contributed by atoms with van der Waals surface area (Å²) in [5.41, 5.74) is 0.657. The minimum atomic E-state index is -0.593. The largest absolute Gasteiger partial charge is 0.495 e. The first-order valence-corrected chi connectivity index (χ1v) is 6.09. The van der Waals surface area contributed by atoms with Crippen LogP contribution in [0.5, 0.6) is 5.75 Å². The van der Waals surface area contributed by atoms with Crippen molar-refractivity contribution in [2.75, 3.05) is 12.4 Å². The summed E-state index contributed by atoms with van der Waals surface area (Å²) in [7, 11) is 1.50. The van der Waals surface area contributed by atoms with E-state index in [9.17, 15) is 9.90 Å². The molecule has 2 N–H and O–H groups in total. The number of carbonyl (C=O) groups excluding carboxylic acids is 1. The van der Waals surface area contributed by atoms with Gasteiger partial charge in [0.1, 0.15) is 11.4 Å². The van der Waals surface area contributed by atoms with Crippen molar-refractivity contribution in [2.45, 2.75) is 39.4 Å². The molecule has 106 valence electrons. The Kier molecular flexibility index (Phi) is 4.78. The second-order valence-corrected chi connectivity index (χ2v) is 5.26. The van der Waals surface area contributed by atoms with Crippen molar-refractivity contribution in [1.29, 1.82) is 0 Å². The van der Waals surface area contributed by atoms with E-state index in [1.807, 2.05) is 0 Å². The number of carbonyl (C=O) groups is 1. The Morgan fingerprint density at radius 2 is 2.00 bits per heavy atom. The summed E-state index contributed by atoms with van der Waals surface area (Å²) < 4.78 is 10.3. The predicted octanol–water partition coefficient (Wildman–Crippen LogP) is 3.10. The number of aliphatic hydroxyl groups is 1. The van der Waals surface area contributed by atoms with Gasteiger partial charge in [-0.3, -0.25) is 5.32 Å². The highest BCUT2D eigenvalue weighted by atomic mass is 16.6. The van der Waals surface area contributed by atoms with Gasteiger partial charge in [-0.2, -0.15) is 0 Å². The molecule has 5 nitrogen and oxygen atoms in total. The Morgan fingerprint density at radius 3 is 2.47 bits per heavy atom. The lowest BCUT2D eigenvalue weighted by atomic mass is 10.1. The average molecular weight is 267 g/mol. The number of aliphatic hydroxyl groups excluding tert-OH is 1. The second-order valence-electron chi connectivity index (χ2n) is 5.26. The van der Waals surface area contributed by atoms with Gasteiger partial charge in [0.2, 0.25) is 0 Å². The zero-order chi connectivity index (χ0) is 14.6. The molecule has 1 amide bonds. The summed E-state index contributed by atoms with van der Waals surface area (Å²) in [6.45, 7) is 7.04. The van der Waals surface area contributed by atoms with Crippen LogP contribution in [0.3, 0.4) is 0 Å². The van der Waals surface area contributed by atoms with Gasteiger partial charge >= 0.3 is 6.09 Å². The fraction of sp³-hybridized carbons (Fsp3) is 0.500. The highest BCUT2D eigenvalue weighted by Crippen LogP contribution is 2.28. The molecule has 1 aromatic rings. The lowest BCUT2D eigenvalue weighted by Gasteiger charge is -2.20. The standard InChI is InChI=1S/C14H21NO4/c1-9(16)10-6-7-11(12(8-10)18-5)15-13(17)19-14(2,3)4/h6-9,16H,1-5H3,(H,15,17)/t9-/m1/s1. The molecule has 0 radical (unpaired) electrons. The first-order chi connectivity index (χ1) is 8.73. The molecular formula is C14H21NO4. The van der Waals surface area contributed by atoms with E-state index in [1.165, 1.54) is 7.11 Å². The van der Waals surface area contributed by atoms with E-state index in [1.54, 1.807) is 45.9 Å². The molecule has 1 rings (SSSR count). The van der Waals surface area contributed by atoms with Crippen LogP contribution >= 0.6 is 0 Å². The predicted molar refractivity (Wildman–Crippen MR) is 73.5 cm³/mol. The van der Waals surface area contributed by atoms with Gasteiger partial charge in [0.05, 0.1) is 18.9 Å². The van der Waals surface area contributed by atoms with Crippen LogP contribution in [0.25, 0.3) is 0 Å². The molecule has 0 aliphatic rings. The van der Waals surface area contributed by atoms with Crippen LogP contribution in [0.1, 0.15) is 39.4 Å². The molecule has 1 atom stereocenters. The summed E-state index contributed by atoms with van der Waals surface area (Å²) in [5.74, 6) is 0.476. The number of rotatable bonds is 3. The van der Waals surface area contributed by atoms with Gasteiger partial charge in [0.25, 0.3) is 0 Å². The minimum Gasteiger partial charge on any atom is -0.495 e. The van der Waals surface area contributed by atoms with Crippen LogP contribution in [0.4, 0.5) is 10.5 Å². The number of nitrogens with one attached hydrogen (secondary N) is 1. The van der Waals surface area contributed by atoms with Gasteiger partial charge in [-0.1, -0.05) is 6.07 Å².